The SMILES string of the molecule is CN(C)C(=O)c1cc2ccc(Cl)n2c(=O)n1-c1ccccc1. The zero-order valence-electron chi connectivity index (χ0n) is 12.2. The first-order valence-electron chi connectivity index (χ1n) is 6.71. The number of carbonyl (C=O) groups excluding carboxylic acids is 1. The summed E-state index contributed by atoms with van der Waals surface area (Å²) < 4.78 is 2.75. The molecule has 3 rings (SSSR count). The van der Waals surface area contributed by atoms with Crippen molar-refractivity contribution in [3.8, 4) is 5.69 Å². The molecule has 0 aliphatic heterocycles. The van der Waals surface area contributed by atoms with Gasteiger partial charge in [-0.3, -0.25) is 13.8 Å². The van der Waals surface area contributed by atoms with Gasteiger partial charge in [-0.05, 0) is 30.3 Å². The van der Waals surface area contributed by atoms with Gasteiger partial charge in [0.2, 0.25) is 0 Å². The van der Waals surface area contributed by atoms with Gasteiger partial charge in [-0.15, -0.1) is 0 Å². The van der Waals surface area contributed by atoms with Gasteiger partial charge in [0.15, 0.2) is 0 Å². The number of aromatic nitrogens is 2. The van der Waals surface area contributed by atoms with Crippen molar-refractivity contribution in [2.24, 2.45) is 0 Å². The van der Waals surface area contributed by atoms with E-state index in [9.17, 15) is 9.59 Å². The molecule has 1 aromatic carbocycles. The van der Waals surface area contributed by atoms with Gasteiger partial charge in [-0.1, -0.05) is 29.8 Å². The Kier molecular flexibility index (Phi) is 3.50. The first-order valence-corrected chi connectivity index (χ1v) is 7.08. The first kappa shape index (κ1) is 14.4. The van der Waals surface area contributed by atoms with Crippen LogP contribution in [0.25, 0.3) is 11.2 Å². The molecule has 0 atom stereocenters. The fourth-order valence-electron chi connectivity index (χ4n) is 2.36. The van der Waals surface area contributed by atoms with Crippen molar-refractivity contribution in [1.29, 1.82) is 0 Å². The summed E-state index contributed by atoms with van der Waals surface area (Å²) in [6.45, 7) is 0. The molecule has 0 N–H and O–H groups in total. The molecule has 22 heavy (non-hydrogen) atoms. The average Bonchev–Trinajstić information content (AvgIpc) is 2.88. The number of halogens is 1. The summed E-state index contributed by atoms with van der Waals surface area (Å²) in [5.74, 6) is -0.249. The highest BCUT2D eigenvalue weighted by Gasteiger charge is 2.19. The highest BCUT2D eigenvalue weighted by Crippen LogP contribution is 2.17. The van der Waals surface area contributed by atoms with E-state index >= 15 is 0 Å². The lowest BCUT2D eigenvalue weighted by Crippen LogP contribution is -2.33. The molecule has 3 aromatic rings. The Hall–Kier alpha value is -2.53. The van der Waals surface area contributed by atoms with Gasteiger partial charge < -0.3 is 4.90 Å². The number of nitrogens with zero attached hydrogens (tertiary/aromatic N) is 3. The van der Waals surface area contributed by atoms with Gasteiger partial charge in [0.05, 0.1) is 11.2 Å². The van der Waals surface area contributed by atoms with Crippen LogP contribution in [0, 0.1) is 0 Å². The van der Waals surface area contributed by atoms with Crippen molar-refractivity contribution in [2.45, 2.75) is 0 Å². The third-order valence-electron chi connectivity index (χ3n) is 3.41. The lowest BCUT2D eigenvalue weighted by atomic mass is 10.2. The molecule has 6 heteroatoms. The highest BCUT2D eigenvalue weighted by molar-refractivity contribution is 6.30. The second-order valence-electron chi connectivity index (χ2n) is 5.10. The van der Waals surface area contributed by atoms with Crippen molar-refractivity contribution in [3.05, 3.63) is 69.9 Å². The number of rotatable bonds is 2. The molecule has 1 amide bonds. The summed E-state index contributed by atoms with van der Waals surface area (Å²) in [6.07, 6.45) is 0. The smallest absolute Gasteiger partial charge is 0.339 e. The molecule has 0 bridgehead atoms. The van der Waals surface area contributed by atoms with E-state index in [1.54, 1.807) is 44.4 Å². The van der Waals surface area contributed by atoms with Crippen LogP contribution in [0.5, 0.6) is 0 Å². The average molecular weight is 316 g/mol. The van der Waals surface area contributed by atoms with Crippen LogP contribution >= 0.6 is 11.6 Å². The fraction of sp³-hybridized carbons (Fsp3) is 0.125. The van der Waals surface area contributed by atoms with Crippen LogP contribution in [0.3, 0.4) is 0 Å². The van der Waals surface area contributed by atoms with Gasteiger partial charge in [0, 0.05) is 14.1 Å². The maximum Gasteiger partial charge on any atom is 0.339 e. The lowest BCUT2D eigenvalue weighted by Gasteiger charge is -2.17. The van der Waals surface area contributed by atoms with Crippen LogP contribution in [0.1, 0.15) is 10.5 Å². The van der Waals surface area contributed by atoms with Crippen LogP contribution < -0.4 is 5.69 Å². The van der Waals surface area contributed by atoms with Gasteiger partial charge >= 0.3 is 5.69 Å². The van der Waals surface area contributed by atoms with Gasteiger partial charge in [0.1, 0.15) is 10.8 Å². The molecule has 0 fully saturated rings. The van der Waals surface area contributed by atoms with Crippen LogP contribution in [-0.4, -0.2) is 33.9 Å². The Balaban J connectivity index is 2.43. The largest absolute Gasteiger partial charge is 0.343 e. The van der Waals surface area contributed by atoms with E-state index in [1.165, 1.54) is 13.9 Å². The number of benzene rings is 1. The number of hydrogen-bond acceptors (Lipinski definition) is 2. The molecule has 5 nitrogen and oxygen atoms in total. The summed E-state index contributed by atoms with van der Waals surface area (Å²) in [5.41, 5.74) is 1.13. The topological polar surface area (TPSA) is 46.7 Å². The molecule has 0 radical (unpaired) electrons. The minimum absolute atomic E-state index is 0.249. The predicted molar refractivity (Wildman–Crippen MR) is 86.0 cm³/mol. The maximum atomic E-state index is 12.8. The van der Waals surface area contributed by atoms with Gasteiger partial charge in [-0.25, -0.2) is 4.79 Å². The van der Waals surface area contributed by atoms with Crippen molar-refractivity contribution in [3.63, 3.8) is 0 Å². The van der Waals surface area contributed by atoms with Crippen molar-refractivity contribution in [1.82, 2.24) is 13.9 Å². The highest BCUT2D eigenvalue weighted by atomic mass is 35.5. The quantitative estimate of drug-likeness (QED) is 0.729. The molecule has 2 heterocycles. The first-order chi connectivity index (χ1) is 10.5. The van der Waals surface area contributed by atoms with Crippen LogP contribution in [0.15, 0.2) is 53.3 Å². The maximum absolute atomic E-state index is 12.8. The van der Waals surface area contributed by atoms with Crippen molar-refractivity contribution in [2.75, 3.05) is 14.1 Å². The molecule has 0 saturated heterocycles. The Morgan fingerprint density at radius 3 is 2.41 bits per heavy atom. The summed E-state index contributed by atoms with van der Waals surface area (Å²) >= 11 is 6.09. The standard InChI is InChI=1S/C16H14ClN3O2/c1-18(2)15(21)13-10-12-8-9-14(17)20(12)16(22)19(13)11-6-4-3-5-7-11/h3-10H,1-2H3. The normalized spacial score (nSPS) is 10.9. The van der Waals surface area contributed by atoms with Gasteiger partial charge in [0.25, 0.3) is 5.91 Å². The second kappa shape index (κ2) is 5.35. The molecule has 0 spiro atoms. The molecule has 0 aliphatic carbocycles. The van der Waals surface area contributed by atoms with E-state index in [0.717, 1.165) is 0 Å². The molecule has 112 valence electrons. The number of fused-ring (bicyclic) bond motifs is 1. The summed E-state index contributed by atoms with van der Waals surface area (Å²) in [6, 6.07) is 14.0. The van der Waals surface area contributed by atoms with E-state index < -0.39 is 0 Å². The molecule has 0 saturated carbocycles. The van der Waals surface area contributed by atoms with Gasteiger partial charge in [-0.2, -0.15) is 0 Å². The third kappa shape index (κ3) is 2.19. The minimum Gasteiger partial charge on any atom is -0.343 e. The molecular weight excluding hydrogens is 302 g/mol. The Labute approximate surface area is 132 Å². The lowest BCUT2D eigenvalue weighted by molar-refractivity contribution is 0.0818. The Bertz CT molecular complexity index is 910. The van der Waals surface area contributed by atoms with E-state index in [0.29, 0.717) is 22.1 Å². The third-order valence-corrected chi connectivity index (χ3v) is 3.71. The van der Waals surface area contributed by atoms with Crippen LogP contribution in [0.4, 0.5) is 0 Å². The fourth-order valence-corrected chi connectivity index (χ4v) is 2.59. The molecule has 0 aliphatic rings. The number of hydrogen-bond donors (Lipinski definition) is 0. The van der Waals surface area contributed by atoms with E-state index in [2.05, 4.69) is 0 Å². The minimum atomic E-state index is -0.371. The monoisotopic (exact) mass is 315 g/mol. The summed E-state index contributed by atoms with van der Waals surface area (Å²) in [4.78, 5) is 26.7. The number of amides is 1. The molecule has 2 aromatic heterocycles. The summed E-state index contributed by atoms with van der Waals surface area (Å²) in [7, 11) is 3.30. The number of para-hydroxylation sites is 1. The zero-order chi connectivity index (χ0) is 15.9. The van der Waals surface area contributed by atoms with Crippen LogP contribution in [0.2, 0.25) is 5.15 Å². The molecular formula is C16H14ClN3O2. The van der Waals surface area contributed by atoms with E-state index in [1.807, 2.05) is 18.2 Å². The zero-order valence-corrected chi connectivity index (χ0v) is 12.9. The Morgan fingerprint density at radius 1 is 1.09 bits per heavy atom. The van der Waals surface area contributed by atoms with Crippen molar-refractivity contribution >= 4 is 23.0 Å². The van der Waals surface area contributed by atoms with Crippen LogP contribution in [-0.2, 0) is 0 Å². The summed E-state index contributed by atoms with van der Waals surface area (Å²) in [5, 5.41) is 0.313. The van der Waals surface area contributed by atoms with E-state index in [-0.39, 0.29) is 11.6 Å². The van der Waals surface area contributed by atoms with E-state index in [4.69, 9.17) is 11.6 Å². The molecule has 0 unspecified atom stereocenters. The Morgan fingerprint density at radius 2 is 1.77 bits per heavy atom. The van der Waals surface area contributed by atoms with Crippen molar-refractivity contribution < 1.29 is 4.79 Å². The predicted octanol–water partition coefficient (Wildman–Crippen LogP) is 2.45. The second-order valence-corrected chi connectivity index (χ2v) is 5.49. The number of carbonyl (C=O) groups is 1.